The molecule has 1 aromatic heterocycles. The molecule has 0 radical (unpaired) electrons. The molecule has 0 bridgehead atoms. The zero-order valence-corrected chi connectivity index (χ0v) is 8.96. The van der Waals surface area contributed by atoms with Gasteiger partial charge >= 0.3 is 0 Å². The molecule has 1 fully saturated rings. The van der Waals surface area contributed by atoms with Crippen LogP contribution in [0.5, 0.6) is 0 Å². The van der Waals surface area contributed by atoms with Crippen molar-refractivity contribution < 1.29 is 0 Å². The van der Waals surface area contributed by atoms with E-state index in [0.29, 0.717) is 16.9 Å². The summed E-state index contributed by atoms with van der Waals surface area (Å²) in [7, 11) is 2.04. The number of nitrogens with zero attached hydrogens (tertiary/aromatic N) is 2. The predicted molar refractivity (Wildman–Crippen MR) is 59.7 cm³/mol. The highest BCUT2D eigenvalue weighted by atomic mass is 35.5. The van der Waals surface area contributed by atoms with Crippen LogP contribution in [0.1, 0.15) is 19.3 Å². The van der Waals surface area contributed by atoms with Gasteiger partial charge in [0.05, 0.1) is 0 Å². The van der Waals surface area contributed by atoms with Gasteiger partial charge in [-0.2, -0.15) is 0 Å². The fraction of sp³-hybridized carbons (Fsp3) is 0.500. The zero-order chi connectivity index (χ0) is 10.1. The van der Waals surface area contributed by atoms with Crippen LogP contribution in [0.4, 0.5) is 11.5 Å². The average Bonchev–Trinajstić information content (AvgIpc) is 1.98. The lowest BCUT2D eigenvalue weighted by molar-refractivity contribution is 0.399. The SMILES string of the molecule is CN(c1cc(N)cc(Cl)n1)C1CCC1. The summed E-state index contributed by atoms with van der Waals surface area (Å²) in [6.07, 6.45) is 3.79. The van der Waals surface area contributed by atoms with E-state index >= 15 is 0 Å². The van der Waals surface area contributed by atoms with Crippen LogP contribution < -0.4 is 10.6 Å². The Labute approximate surface area is 88.9 Å². The first-order chi connectivity index (χ1) is 6.66. The minimum Gasteiger partial charge on any atom is -0.399 e. The number of halogens is 1. The Kier molecular flexibility index (Phi) is 2.50. The summed E-state index contributed by atoms with van der Waals surface area (Å²) < 4.78 is 0. The monoisotopic (exact) mass is 211 g/mol. The number of rotatable bonds is 2. The number of pyridine rings is 1. The lowest BCUT2D eigenvalue weighted by Crippen LogP contribution is -2.37. The Bertz CT molecular complexity index is 316. The average molecular weight is 212 g/mol. The molecule has 1 heterocycles. The Morgan fingerprint density at radius 3 is 2.71 bits per heavy atom. The molecule has 0 atom stereocenters. The molecule has 1 saturated carbocycles. The lowest BCUT2D eigenvalue weighted by Gasteiger charge is -2.35. The van der Waals surface area contributed by atoms with E-state index in [1.165, 1.54) is 19.3 Å². The Morgan fingerprint density at radius 2 is 2.21 bits per heavy atom. The summed E-state index contributed by atoms with van der Waals surface area (Å²) >= 11 is 5.84. The molecular formula is C10H14ClN3. The third-order valence-electron chi connectivity index (χ3n) is 2.79. The maximum atomic E-state index is 5.84. The third-order valence-corrected chi connectivity index (χ3v) is 2.98. The largest absolute Gasteiger partial charge is 0.399 e. The smallest absolute Gasteiger partial charge is 0.133 e. The molecule has 76 valence electrons. The van der Waals surface area contributed by atoms with Gasteiger partial charge in [0.25, 0.3) is 0 Å². The quantitative estimate of drug-likeness (QED) is 0.764. The first-order valence-corrected chi connectivity index (χ1v) is 5.20. The first-order valence-electron chi connectivity index (χ1n) is 4.83. The zero-order valence-electron chi connectivity index (χ0n) is 8.20. The number of aromatic nitrogens is 1. The normalized spacial score (nSPS) is 16.4. The Hall–Kier alpha value is -0.960. The highest BCUT2D eigenvalue weighted by Crippen LogP contribution is 2.28. The lowest BCUT2D eigenvalue weighted by atomic mass is 9.92. The fourth-order valence-electron chi connectivity index (χ4n) is 1.64. The van der Waals surface area contributed by atoms with Crippen LogP contribution in [0, 0.1) is 0 Å². The summed E-state index contributed by atoms with van der Waals surface area (Å²) in [5.41, 5.74) is 6.38. The van der Waals surface area contributed by atoms with Crippen molar-refractivity contribution in [1.29, 1.82) is 0 Å². The standard InChI is InChI=1S/C10H14ClN3/c1-14(8-3-2-4-8)10-6-7(12)5-9(11)13-10/h5-6,8H,2-4H2,1H3,(H2,12,13). The number of hydrogen-bond donors (Lipinski definition) is 1. The van der Waals surface area contributed by atoms with Crippen LogP contribution in [-0.2, 0) is 0 Å². The molecule has 2 N–H and O–H groups in total. The van der Waals surface area contributed by atoms with E-state index in [1.807, 2.05) is 13.1 Å². The molecule has 0 unspecified atom stereocenters. The van der Waals surface area contributed by atoms with Gasteiger partial charge < -0.3 is 10.6 Å². The molecule has 0 amide bonds. The second-order valence-electron chi connectivity index (χ2n) is 3.78. The van der Waals surface area contributed by atoms with Crippen molar-refractivity contribution in [3.05, 3.63) is 17.3 Å². The second-order valence-corrected chi connectivity index (χ2v) is 4.16. The van der Waals surface area contributed by atoms with E-state index in [9.17, 15) is 0 Å². The van der Waals surface area contributed by atoms with Crippen LogP contribution >= 0.6 is 11.6 Å². The van der Waals surface area contributed by atoms with Crippen LogP contribution in [0.15, 0.2) is 12.1 Å². The van der Waals surface area contributed by atoms with E-state index in [4.69, 9.17) is 17.3 Å². The molecule has 3 nitrogen and oxygen atoms in total. The van der Waals surface area contributed by atoms with E-state index < -0.39 is 0 Å². The van der Waals surface area contributed by atoms with Gasteiger partial charge in [-0.15, -0.1) is 0 Å². The van der Waals surface area contributed by atoms with Crippen molar-refractivity contribution in [3.8, 4) is 0 Å². The van der Waals surface area contributed by atoms with Crippen molar-refractivity contribution >= 4 is 23.1 Å². The van der Waals surface area contributed by atoms with Gasteiger partial charge in [0, 0.05) is 24.8 Å². The molecule has 1 aromatic rings. The number of anilines is 2. The minimum absolute atomic E-state index is 0.464. The van der Waals surface area contributed by atoms with E-state index in [0.717, 1.165) is 5.82 Å². The van der Waals surface area contributed by atoms with E-state index in [-0.39, 0.29) is 0 Å². The molecule has 0 aromatic carbocycles. The van der Waals surface area contributed by atoms with Gasteiger partial charge in [0.15, 0.2) is 0 Å². The molecule has 4 heteroatoms. The fourth-order valence-corrected chi connectivity index (χ4v) is 1.86. The van der Waals surface area contributed by atoms with E-state index in [1.54, 1.807) is 6.07 Å². The van der Waals surface area contributed by atoms with Crippen LogP contribution in [-0.4, -0.2) is 18.1 Å². The summed E-state index contributed by atoms with van der Waals surface area (Å²) in [4.78, 5) is 6.41. The van der Waals surface area contributed by atoms with Crippen LogP contribution in [0.25, 0.3) is 0 Å². The molecule has 1 aliphatic carbocycles. The van der Waals surface area contributed by atoms with Crippen molar-refractivity contribution in [3.63, 3.8) is 0 Å². The predicted octanol–water partition coefficient (Wildman–Crippen LogP) is 2.31. The molecule has 2 rings (SSSR count). The second kappa shape index (κ2) is 3.65. The Balaban J connectivity index is 2.21. The van der Waals surface area contributed by atoms with Gasteiger partial charge in [-0.1, -0.05) is 11.6 Å². The number of hydrogen-bond acceptors (Lipinski definition) is 3. The van der Waals surface area contributed by atoms with Gasteiger partial charge in [-0.05, 0) is 25.3 Å². The maximum Gasteiger partial charge on any atom is 0.133 e. The first kappa shape index (κ1) is 9.59. The molecule has 1 aliphatic rings. The molecule has 0 saturated heterocycles. The van der Waals surface area contributed by atoms with Crippen molar-refractivity contribution in [2.45, 2.75) is 25.3 Å². The Morgan fingerprint density at radius 1 is 1.50 bits per heavy atom. The number of nitrogens with two attached hydrogens (primary N) is 1. The number of nitrogen functional groups attached to an aromatic ring is 1. The highest BCUT2D eigenvalue weighted by molar-refractivity contribution is 6.29. The molecular weight excluding hydrogens is 198 g/mol. The summed E-state index contributed by atoms with van der Waals surface area (Å²) in [5, 5.41) is 0.464. The molecule has 0 aliphatic heterocycles. The van der Waals surface area contributed by atoms with Crippen molar-refractivity contribution in [2.24, 2.45) is 0 Å². The van der Waals surface area contributed by atoms with Crippen LogP contribution in [0.2, 0.25) is 5.15 Å². The molecule has 0 spiro atoms. The van der Waals surface area contributed by atoms with Gasteiger partial charge in [-0.25, -0.2) is 4.98 Å². The molecule has 14 heavy (non-hydrogen) atoms. The summed E-state index contributed by atoms with van der Waals surface area (Å²) in [6.45, 7) is 0. The minimum atomic E-state index is 0.464. The van der Waals surface area contributed by atoms with Crippen molar-refractivity contribution in [2.75, 3.05) is 17.7 Å². The maximum absolute atomic E-state index is 5.84. The van der Waals surface area contributed by atoms with Gasteiger partial charge in [-0.3, -0.25) is 0 Å². The summed E-state index contributed by atoms with van der Waals surface area (Å²) in [6, 6.07) is 4.14. The van der Waals surface area contributed by atoms with Gasteiger partial charge in [0.2, 0.25) is 0 Å². The third kappa shape index (κ3) is 1.77. The van der Waals surface area contributed by atoms with Crippen LogP contribution in [0.3, 0.4) is 0 Å². The van der Waals surface area contributed by atoms with Crippen molar-refractivity contribution in [1.82, 2.24) is 4.98 Å². The van der Waals surface area contributed by atoms with E-state index in [2.05, 4.69) is 9.88 Å². The summed E-state index contributed by atoms with van der Waals surface area (Å²) in [5.74, 6) is 0.875. The van der Waals surface area contributed by atoms with Gasteiger partial charge in [0.1, 0.15) is 11.0 Å². The topological polar surface area (TPSA) is 42.1 Å². The highest BCUT2D eigenvalue weighted by Gasteiger charge is 2.23.